The molecular weight excluding hydrogens is 380 g/mol. The summed E-state index contributed by atoms with van der Waals surface area (Å²) >= 11 is 1.51. The fraction of sp³-hybridized carbons (Fsp3) is 0.417. The third-order valence-electron chi connectivity index (χ3n) is 4.92. The number of amides is 2. The Morgan fingerprint density at radius 2 is 1.72 bits per heavy atom. The van der Waals surface area contributed by atoms with Crippen LogP contribution in [0.25, 0.3) is 0 Å². The SMILES string of the molecule is CCCNC(=O)[C@H](CC)N(Cc1ccccc1C)C(=O)CSc1ccc(C)cc1. The fourth-order valence-electron chi connectivity index (χ4n) is 3.12. The van der Waals surface area contributed by atoms with Crippen molar-refractivity contribution in [3.8, 4) is 0 Å². The smallest absolute Gasteiger partial charge is 0.242 e. The maximum atomic E-state index is 13.2. The highest BCUT2D eigenvalue weighted by Gasteiger charge is 2.28. The van der Waals surface area contributed by atoms with Gasteiger partial charge in [0.2, 0.25) is 11.8 Å². The van der Waals surface area contributed by atoms with Crippen LogP contribution in [0.1, 0.15) is 43.4 Å². The molecule has 4 nitrogen and oxygen atoms in total. The number of thioether (sulfide) groups is 1. The number of hydrogen-bond donors (Lipinski definition) is 1. The average molecular weight is 413 g/mol. The van der Waals surface area contributed by atoms with Crippen molar-refractivity contribution in [2.45, 2.75) is 58.0 Å². The lowest BCUT2D eigenvalue weighted by Gasteiger charge is -2.31. The van der Waals surface area contributed by atoms with Crippen molar-refractivity contribution >= 4 is 23.6 Å². The molecule has 29 heavy (non-hydrogen) atoms. The Balaban J connectivity index is 2.19. The van der Waals surface area contributed by atoms with Crippen LogP contribution < -0.4 is 5.32 Å². The standard InChI is InChI=1S/C24H32N2O2S/c1-5-15-25-24(28)22(6-2)26(16-20-10-8-7-9-19(20)4)23(27)17-29-21-13-11-18(3)12-14-21/h7-14,22H,5-6,15-17H2,1-4H3,(H,25,28)/t22-/m0/s1. The molecular formula is C24H32N2O2S. The molecule has 0 aliphatic rings. The molecule has 5 heteroatoms. The van der Waals surface area contributed by atoms with Crippen LogP contribution in [0.2, 0.25) is 0 Å². The highest BCUT2D eigenvalue weighted by molar-refractivity contribution is 8.00. The van der Waals surface area contributed by atoms with Gasteiger partial charge in [-0.05, 0) is 49.9 Å². The van der Waals surface area contributed by atoms with E-state index in [2.05, 4.69) is 5.32 Å². The molecule has 0 radical (unpaired) electrons. The lowest BCUT2D eigenvalue weighted by Crippen LogP contribution is -2.49. The predicted octanol–water partition coefficient (Wildman–Crippen LogP) is 4.73. The van der Waals surface area contributed by atoms with E-state index in [-0.39, 0.29) is 11.8 Å². The summed E-state index contributed by atoms with van der Waals surface area (Å²) in [6, 6.07) is 15.7. The number of carbonyl (C=O) groups is 2. The van der Waals surface area contributed by atoms with Gasteiger partial charge in [-0.2, -0.15) is 0 Å². The monoisotopic (exact) mass is 412 g/mol. The van der Waals surface area contributed by atoms with Gasteiger partial charge in [0.25, 0.3) is 0 Å². The van der Waals surface area contributed by atoms with Crippen molar-refractivity contribution in [1.82, 2.24) is 10.2 Å². The molecule has 1 N–H and O–H groups in total. The molecule has 2 aromatic carbocycles. The van der Waals surface area contributed by atoms with E-state index >= 15 is 0 Å². The van der Waals surface area contributed by atoms with E-state index in [1.54, 1.807) is 4.90 Å². The highest BCUT2D eigenvalue weighted by atomic mass is 32.2. The quantitative estimate of drug-likeness (QED) is 0.574. The second-order valence-corrected chi connectivity index (χ2v) is 8.31. The minimum absolute atomic E-state index is 0.0164. The lowest BCUT2D eigenvalue weighted by molar-refractivity contribution is -0.139. The van der Waals surface area contributed by atoms with Gasteiger partial charge in [0.05, 0.1) is 5.75 Å². The number of carbonyl (C=O) groups excluding carboxylic acids is 2. The molecule has 2 amide bonds. The van der Waals surface area contributed by atoms with Crippen LogP contribution in [-0.4, -0.2) is 35.1 Å². The molecule has 0 aliphatic carbocycles. The number of benzene rings is 2. The highest BCUT2D eigenvalue weighted by Crippen LogP contribution is 2.21. The van der Waals surface area contributed by atoms with Gasteiger partial charge in [-0.3, -0.25) is 9.59 Å². The van der Waals surface area contributed by atoms with Gasteiger partial charge in [0, 0.05) is 18.0 Å². The van der Waals surface area contributed by atoms with Crippen LogP contribution in [0.5, 0.6) is 0 Å². The first-order valence-corrected chi connectivity index (χ1v) is 11.3. The van der Waals surface area contributed by atoms with E-state index in [1.165, 1.54) is 17.3 Å². The van der Waals surface area contributed by atoms with E-state index in [0.29, 0.717) is 25.3 Å². The van der Waals surface area contributed by atoms with Crippen molar-refractivity contribution in [2.24, 2.45) is 0 Å². The third-order valence-corrected chi connectivity index (χ3v) is 5.92. The number of hydrogen-bond acceptors (Lipinski definition) is 3. The molecule has 1 atom stereocenters. The first-order chi connectivity index (χ1) is 14.0. The normalized spacial score (nSPS) is 11.7. The van der Waals surface area contributed by atoms with Gasteiger partial charge in [-0.1, -0.05) is 55.8 Å². The Morgan fingerprint density at radius 1 is 1.03 bits per heavy atom. The molecule has 156 valence electrons. The summed E-state index contributed by atoms with van der Waals surface area (Å²) in [5.74, 6) is 0.223. The van der Waals surface area contributed by atoms with Crippen LogP contribution in [0, 0.1) is 13.8 Å². The summed E-state index contributed by atoms with van der Waals surface area (Å²) < 4.78 is 0. The van der Waals surface area contributed by atoms with Gasteiger partial charge in [-0.25, -0.2) is 0 Å². The average Bonchev–Trinajstić information content (AvgIpc) is 2.72. The van der Waals surface area contributed by atoms with E-state index in [9.17, 15) is 9.59 Å². The minimum atomic E-state index is -0.465. The van der Waals surface area contributed by atoms with E-state index < -0.39 is 6.04 Å². The van der Waals surface area contributed by atoms with Crippen LogP contribution in [0.4, 0.5) is 0 Å². The van der Waals surface area contributed by atoms with Crippen LogP contribution in [0.15, 0.2) is 53.4 Å². The number of aryl methyl sites for hydroxylation is 2. The Kier molecular flexibility index (Phi) is 9.26. The molecule has 2 rings (SSSR count). The van der Waals surface area contributed by atoms with E-state index in [1.807, 2.05) is 76.2 Å². The van der Waals surface area contributed by atoms with Crippen molar-refractivity contribution < 1.29 is 9.59 Å². The number of rotatable bonds is 10. The Hall–Kier alpha value is -2.27. The zero-order chi connectivity index (χ0) is 21.2. The minimum Gasteiger partial charge on any atom is -0.354 e. The van der Waals surface area contributed by atoms with Crippen LogP contribution >= 0.6 is 11.8 Å². The van der Waals surface area contributed by atoms with Crippen LogP contribution in [0.3, 0.4) is 0 Å². The molecule has 0 aromatic heterocycles. The van der Waals surface area contributed by atoms with Gasteiger partial charge in [0.1, 0.15) is 6.04 Å². The zero-order valence-electron chi connectivity index (χ0n) is 17.9. The van der Waals surface area contributed by atoms with Gasteiger partial charge < -0.3 is 10.2 Å². The van der Waals surface area contributed by atoms with Gasteiger partial charge in [0.15, 0.2) is 0 Å². The molecule has 0 heterocycles. The van der Waals surface area contributed by atoms with Gasteiger partial charge in [-0.15, -0.1) is 11.8 Å². The maximum Gasteiger partial charge on any atom is 0.242 e. The molecule has 0 spiro atoms. The van der Waals surface area contributed by atoms with Crippen molar-refractivity contribution in [3.63, 3.8) is 0 Å². The summed E-state index contributed by atoms with van der Waals surface area (Å²) in [6.07, 6.45) is 1.46. The topological polar surface area (TPSA) is 49.4 Å². The van der Waals surface area contributed by atoms with Crippen molar-refractivity contribution in [1.29, 1.82) is 0 Å². The summed E-state index contributed by atoms with van der Waals surface area (Å²) in [4.78, 5) is 28.8. The van der Waals surface area contributed by atoms with E-state index in [0.717, 1.165) is 22.4 Å². The largest absolute Gasteiger partial charge is 0.354 e. The van der Waals surface area contributed by atoms with Crippen molar-refractivity contribution in [2.75, 3.05) is 12.3 Å². The van der Waals surface area contributed by atoms with E-state index in [4.69, 9.17) is 0 Å². The summed E-state index contributed by atoms with van der Waals surface area (Å²) in [6.45, 7) is 9.14. The Bertz CT molecular complexity index is 805. The molecule has 0 bridgehead atoms. The molecule has 0 aliphatic heterocycles. The number of nitrogens with zero attached hydrogens (tertiary/aromatic N) is 1. The Morgan fingerprint density at radius 3 is 2.34 bits per heavy atom. The third kappa shape index (κ3) is 6.93. The molecule has 0 saturated heterocycles. The molecule has 0 unspecified atom stereocenters. The molecule has 0 saturated carbocycles. The van der Waals surface area contributed by atoms with Crippen LogP contribution in [-0.2, 0) is 16.1 Å². The first kappa shape index (κ1) is 23.0. The summed E-state index contributed by atoms with van der Waals surface area (Å²) in [5.41, 5.74) is 3.39. The van der Waals surface area contributed by atoms with Gasteiger partial charge >= 0.3 is 0 Å². The summed E-state index contributed by atoms with van der Waals surface area (Å²) in [7, 11) is 0. The maximum absolute atomic E-state index is 13.2. The Labute approximate surface area is 179 Å². The number of nitrogens with one attached hydrogen (secondary N) is 1. The summed E-state index contributed by atoms with van der Waals surface area (Å²) in [5, 5.41) is 2.96. The molecule has 0 fully saturated rings. The van der Waals surface area contributed by atoms with Crippen molar-refractivity contribution in [3.05, 3.63) is 65.2 Å². The zero-order valence-corrected chi connectivity index (χ0v) is 18.7. The second kappa shape index (κ2) is 11.7. The lowest BCUT2D eigenvalue weighted by atomic mass is 10.1. The first-order valence-electron chi connectivity index (χ1n) is 10.3. The second-order valence-electron chi connectivity index (χ2n) is 7.26. The fourth-order valence-corrected chi connectivity index (χ4v) is 3.90. The predicted molar refractivity (Wildman–Crippen MR) is 121 cm³/mol. The molecule has 2 aromatic rings.